The molecule has 0 aromatic carbocycles. The summed E-state index contributed by atoms with van der Waals surface area (Å²) in [6, 6.07) is -0.104. The Balaban J connectivity index is 1.96. The van der Waals surface area contributed by atoms with Crippen molar-refractivity contribution in [2.24, 2.45) is 0 Å². The number of fused-ring (bicyclic) bond motifs is 2. The molecular weight excluding hydrogens is 242 g/mol. The number of H-pyrrole nitrogens is 1. The van der Waals surface area contributed by atoms with Gasteiger partial charge in [0.2, 0.25) is 10.0 Å². The lowest BCUT2D eigenvalue weighted by Crippen LogP contribution is -2.47. The monoisotopic (exact) mass is 257 g/mol. The van der Waals surface area contributed by atoms with Crippen molar-refractivity contribution in [1.82, 2.24) is 14.5 Å². The third-order valence-electron chi connectivity index (χ3n) is 3.69. The average Bonchev–Trinajstić information content (AvgIpc) is 2.86. The summed E-state index contributed by atoms with van der Waals surface area (Å²) >= 11 is 0. The molecule has 2 N–H and O–H groups in total. The van der Waals surface area contributed by atoms with Gasteiger partial charge in [-0.05, 0) is 25.7 Å². The van der Waals surface area contributed by atoms with Crippen molar-refractivity contribution in [2.75, 3.05) is 0 Å². The van der Waals surface area contributed by atoms with Gasteiger partial charge in [0.15, 0.2) is 0 Å². The van der Waals surface area contributed by atoms with E-state index in [9.17, 15) is 13.5 Å². The number of aliphatic hydroxyl groups is 1. The van der Waals surface area contributed by atoms with Gasteiger partial charge in [-0.25, -0.2) is 8.42 Å². The van der Waals surface area contributed by atoms with Gasteiger partial charge in [-0.15, -0.1) is 0 Å². The van der Waals surface area contributed by atoms with E-state index in [1.165, 1.54) is 12.4 Å². The Morgan fingerprint density at radius 2 is 2.00 bits per heavy atom. The van der Waals surface area contributed by atoms with Gasteiger partial charge in [-0.1, -0.05) is 0 Å². The highest BCUT2D eigenvalue weighted by Gasteiger charge is 2.46. The summed E-state index contributed by atoms with van der Waals surface area (Å²) in [6.07, 6.45) is 5.17. The number of nitrogens with zero attached hydrogens (tertiary/aromatic N) is 2. The first-order chi connectivity index (χ1) is 8.09. The molecule has 2 bridgehead atoms. The minimum atomic E-state index is -3.45. The molecule has 3 heterocycles. The van der Waals surface area contributed by atoms with Gasteiger partial charge in [0.1, 0.15) is 4.90 Å². The number of rotatable bonds is 2. The quantitative estimate of drug-likeness (QED) is 0.786. The lowest BCUT2D eigenvalue weighted by Gasteiger charge is -2.35. The van der Waals surface area contributed by atoms with Crippen molar-refractivity contribution in [3.05, 3.63) is 12.4 Å². The molecular formula is C10H15N3O3S. The van der Waals surface area contributed by atoms with Crippen molar-refractivity contribution < 1.29 is 13.5 Å². The zero-order valence-electron chi connectivity index (χ0n) is 9.28. The second kappa shape index (κ2) is 3.79. The Labute approximate surface area is 99.7 Å². The topological polar surface area (TPSA) is 86.3 Å². The van der Waals surface area contributed by atoms with Crippen LogP contribution in [-0.4, -0.2) is 46.2 Å². The van der Waals surface area contributed by atoms with Crippen LogP contribution < -0.4 is 0 Å². The van der Waals surface area contributed by atoms with E-state index in [1.54, 1.807) is 4.31 Å². The predicted molar refractivity (Wildman–Crippen MR) is 59.7 cm³/mol. The molecule has 2 atom stereocenters. The zero-order chi connectivity index (χ0) is 12.0. The van der Waals surface area contributed by atoms with Gasteiger partial charge in [0.05, 0.1) is 12.3 Å². The van der Waals surface area contributed by atoms with E-state index in [4.69, 9.17) is 0 Å². The summed E-state index contributed by atoms with van der Waals surface area (Å²) in [5.74, 6) is 0. The standard InChI is InChI=1S/C10H15N3O3S/c14-9-3-7-1-2-8(4-9)13(7)17(15,16)10-5-11-12-6-10/h5-9,14H,1-4H2,(H,11,12). The van der Waals surface area contributed by atoms with Gasteiger partial charge in [0, 0.05) is 18.3 Å². The summed E-state index contributed by atoms with van der Waals surface area (Å²) in [6.45, 7) is 0. The van der Waals surface area contributed by atoms with Crippen molar-refractivity contribution in [3.63, 3.8) is 0 Å². The van der Waals surface area contributed by atoms with Crippen LogP contribution in [0.1, 0.15) is 25.7 Å². The number of nitrogens with one attached hydrogen (secondary N) is 1. The molecule has 2 saturated heterocycles. The number of aromatic nitrogens is 2. The lowest BCUT2D eigenvalue weighted by atomic mass is 10.0. The molecule has 2 fully saturated rings. The summed E-state index contributed by atoms with van der Waals surface area (Å²) in [5.41, 5.74) is 0. The van der Waals surface area contributed by atoms with Gasteiger partial charge in [-0.3, -0.25) is 5.10 Å². The van der Waals surface area contributed by atoms with Crippen LogP contribution in [0.15, 0.2) is 17.3 Å². The summed E-state index contributed by atoms with van der Waals surface area (Å²) < 4.78 is 26.4. The highest BCUT2D eigenvalue weighted by Crippen LogP contribution is 2.39. The fourth-order valence-corrected chi connectivity index (χ4v) is 4.80. The molecule has 2 aliphatic rings. The SMILES string of the molecule is O=S(=O)(c1cn[nH]c1)N1C2CCC1CC(O)C2. The summed E-state index contributed by atoms with van der Waals surface area (Å²) in [4.78, 5) is 0.214. The molecule has 17 heavy (non-hydrogen) atoms. The third-order valence-corrected chi connectivity index (χ3v) is 5.66. The molecule has 0 aliphatic carbocycles. The number of hydrogen-bond acceptors (Lipinski definition) is 4. The van der Waals surface area contributed by atoms with Gasteiger partial charge in [-0.2, -0.15) is 9.40 Å². The van der Waals surface area contributed by atoms with Crippen molar-refractivity contribution in [3.8, 4) is 0 Å². The second-order valence-electron chi connectivity index (χ2n) is 4.78. The third kappa shape index (κ3) is 1.69. The molecule has 0 saturated carbocycles. The van der Waals surface area contributed by atoms with Crippen LogP contribution in [0.25, 0.3) is 0 Å². The van der Waals surface area contributed by atoms with E-state index >= 15 is 0 Å². The van der Waals surface area contributed by atoms with E-state index in [1.807, 2.05) is 0 Å². The zero-order valence-corrected chi connectivity index (χ0v) is 10.1. The van der Waals surface area contributed by atoms with Crippen LogP contribution in [0.4, 0.5) is 0 Å². The molecule has 94 valence electrons. The van der Waals surface area contributed by atoms with Crippen molar-refractivity contribution in [1.29, 1.82) is 0 Å². The van der Waals surface area contributed by atoms with Gasteiger partial charge in [0.25, 0.3) is 0 Å². The molecule has 0 radical (unpaired) electrons. The van der Waals surface area contributed by atoms with Gasteiger partial charge >= 0.3 is 0 Å². The van der Waals surface area contributed by atoms with E-state index in [-0.39, 0.29) is 23.1 Å². The molecule has 0 spiro atoms. The minimum absolute atomic E-state index is 0.0522. The van der Waals surface area contributed by atoms with Gasteiger partial charge < -0.3 is 5.11 Å². The maximum Gasteiger partial charge on any atom is 0.246 e. The van der Waals surface area contributed by atoms with Crippen LogP contribution >= 0.6 is 0 Å². The molecule has 2 aliphatic heterocycles. The Morgan fingerprint density at radius 3 is 2.53 bits per heavy atom. The van der Waals surface area contributed by atoms with Crippen LogP contribution in [0, 0.1) is 0 Å². The maximum absolute atomic E-state index is 12.4. The van der Waals surface area contributed by atoms with Crippen LogP contribution in [0.2, 0.25) is 0 Å². The lowest BCUT2D eigenvalue weighted by molar-refractivity contribution is 0.0769. The summed E-state index contributed by atoms with van der Waals surface area (Å²) in [5, 5.41) is 15.9. The summed E-state index contributed by atoms with van der Waals surface area (Å²) in [7, 11) is -3.45. The van der Waals surface area contributed by atoms with E-state index < -0.39 is 10.0 Å². The average molecular weight is 257 g/mol. The highest BCUT2D eigenvalue weighted by molar-refractivity contribution is 7.89. The van der Waals surface area contributed by atoms with Crippen LogP contribution in [0.5, 0.6) is 0 Å². The van der Waals surface area contributed by atoms with E-state index in [0.717, 1.165) is 12.8 Å². The highest BCUT2D eigenvalue weighted by atomic mass is 32.2. The van der Waals surface area contributed by atoms with Crippen molar-refractivity contribution in [2.45, 2.75) is 48.8 Å². The van der Waals surface area contributed by atoms with Crippen molar-refractivity contribution >= 4 is 10.0 Å². The number of piperidine rings is 1. The second-order valence-corrected chi connectivity index (χ2v) is 6.62. The Morgan fingerprint density at radius 1 is 1.35 bits per heavy atom. The largest absolute Gasteiger partial charge is 0.393 e. The first-order valence-electron chi connectivity index (χ1n) is 5.79. The van der Waals surface area contributed by atoms with Crippen LogP contribution in [-0.2, 0) is 10.0 Å². The molecule has 2 unspecified atom stereocenters. The fourth-order valence-electron chi connectivity index (χ4n) is 3.00. The van der Waals surface area contributed by atoms with Crippen LogP contribution in [0.3, 0.4) is 0 Å². The normalized spacial score (nSPS) is 34.1. The first kappa shape index (κ1) is 11.2. The number of hydrogen-bond donors (Lipinski definition) is 2. The molecule has 1 aromatic heterocycles. The Hall–Kier alpha value is -0.920. The number of aliphatic hydroxyl groups excluding tert-OH is 1. The van der Waals surface area contributed by atoms with E-state index in [0.29, 0.717) is 12.8 Å². The maximum atomic E-state index is 12.4. The van der Waals surface area contributed by atoms with E-state index in [2.05, 4.69) is 10.2 Å². The minimum Gasteiger partial charge on any atom is -0.393 e. The molecule has 0 amide bonds. The Kier molecular flexibility index (Phi) is 2.49. The fraction of sp³-hybridized carbons (Fsp3) is 0.700. The predicted octanol–water partition coefficient (Wildman–Crippen LogP) is 0.0861. The number of aromatic amines is 1. The molecule has 1 aromatic rings. The Bertz CT molecular complexity index is 485. The number of sulfonamides is 1. The molecule has 7 heteroatoms. The smallest absolute Gasteiger partial charge is 0.246 e. The molecule has 6 nitrogen and oxygen atoms in total. The first-order valence-corrected chi connectivity index (χ1v) is 7.23. The molecule has 3 rings (SSSR count).